The molecule has 0 aliphatic heterocycles. The first kappa shape index (κ1) is 16.6. The monoisotopic (exact) mass is 317 g/mol. The van der Waals surface area contributed by atoms with E-state index in [-0.39, 0.29) is 31.2 Å². The SMILES string of the molecule is CCN(CCC(=O)O)C(=O)c1ccc(COc2ccccc2)o1. The van der Waals surface area contributed by atoms with Gasteiger partial charge in [0.05, 0.1) is 6.42 Å². The Hall–Kier alpha value is -2.76. The largest absolute Gasteiger partial charge is 0.486 e. The molecular weight excluding hydrogens is 298 g/mol. The second-order valence-electron chi connectivity index (χ2n) is 4.90. The topological polar surface area (TPSA) is 80.0 Å². The molecule has 0 unspecified atom stereocenters. The van der Waals surface area contributed by atoms with Gasteiger partial charge in [-0.15, -0.1) is 0 Å². The summed E-state index contributed by atoms with van der Waals surface area (Å²) in [6.07, 6.45) is -0.0930. The van der Waals surface area contributed by atoms with Crippen molar-refractivity contribution in [3.05, 3.63) is 54.0 Å². The van der Waals surface area contributed by atoms with E-state index >= 15 is 0 Å². The van der Waals surface area contributed by atoms with E-state index in [0.717, 1.165) is 0 Å². The van der Waals surface area contributed by atoms with Gasteiger partial charge in [0.15, 0.2) is 5.76 Å². The number of carbonyl (C=O) groups excluding carboxylic acids is 1. The van der Waals surface area contributed by atoms with Crippen molar-refractivity contribution >= 4 is 11.9 Å². The van der Waals surface area contributed by atoms with Gasteiger partial charge in [-0.3, -0.25) is 9.59 Å². The standard InChI is InChI=1S/C17H19NO5/c1-2-18(11-10-16(19)20)17(21)15-9-8-14(23-15)12-22-13-6-4-3-5-7-13/h3-9H,2,10-12H2,1H3,(H,19,20). The maximum Gasteiger partial charge on any atom is 0.305 e. The number of carboxylic acids is 1. The summed E-state index contributed by atoms with van der Waals surface area (Å²) in [4.78, 5) is 24.3. The molecule has 0 bridgehead atoms. The minimum absolute atomic E-state index is 0.0930. The van der Waals surface area contributed by atoms with Crippen LogP contribution in [0.1, 0.15) is 29.7 Å². The highest BCUT2D eigenvalue weighted by Crippen LogP contribution is 2.15. The number of carboxylic acid groups (broad SMARTS) is 1. The van der Waals surface area contributed by atoms with Crippen LogP contribution >= 0.6 is 0 Å². The van der Waals surface area contributed by atoms with Crippen molar-refractivity contribution in [2.75, 3.05) is 13.1 Å². The second kappa shape index (κ2) is 8.03. The molecule has 6 nitrogen and oxygen atoms in total. The van der Waals surface area contributed by atoms with Gasteiger partial charge in [-0.1, -0.05) is 18.2 Å². The fourth-order valence-electron chi connectivity index (χ4n) is 2.03. The van der Waals surface area contributed by atoms with Gasteiger partial charge in [-0.2, -0.15) is 0 Å². The van der Waals surface area contributed by atoms with Crippen LogP contribution in [0, 0.1) is 0 Å². The number of benzene rings is 1. The van der Waals surface area contributed by atoms with Gasteiger partial charge in [-0.05, 0) is 31.2 Å². The Balaban J connectivity index is 1.94. The molecule has 0 spiro atoms. The van der Waals surface area contributed by atoms with Crippen LogP contribution in [0.5, 0.6) is 5.75 Å². The molecule has 1 heterocycles. The fourth-order valence-corrected chi connectivity index (χ4v) is 2.03. The third kappa shape index (κ3) is 4.88. The Morgan fingerprint density at radius 3 is 2.57 bits per heavy atom. The zero-order valence-electron chi connectivity index (χ0n) is 12.9. The van der Waals surface area contributed by atoms with Crippen molar-refractivity contribution in [1.82, 2.24) is 4.90 Å². The normalized spacial score (nSPS) is 10.3. The smallest absolute Gasteiger partial charge is 0.305 e. The maximum absolute atomic E-state index is 12.3. The summed E-state index contributed by atoms with van der Waals surface area (Å²) in [7, 11) is 0. The third-order valence-electron chi connectivity index (χ3n) is 3.26. The van der Waals surface area contributed by atoms with Gasteiger partial charge in [0, 0.05) is 13.1 Å². The summed E-state index contributed by atoms with van der Waals surface area (Å²) in [5.74, 6) is 0.177. The number of ether oxygens (including phenoxy) is 1. The summed E-state index contributed by atoms with van der Waals surface area (Å²) in [6.45, 7) is 2.59. The number of aliphatic carboxylic acids is 1. The molecule has 1 aromatic carbocycles. The lowest BCUT2D eigenvalue weighted by atomic mass is 10.3. The molecule has 0 fully saturated rings. The molecule has 0 aliphatic rings. The fraction of sp³-hybridized carbons (Fsp3) is 0.294. The van der Waals surface area contributed by atoms with Crippen molar-refractivity contribution in [2.24, 2.45) is 0 Å². The number of para-hydroxylation sites is 1. The molecule has 1 amide bonds. The van der Waals surface area contributed by atoms with Gasteiger partial charge in [0.25, 0.3) is 5.91 Å². The van der Waals surface area contributed by atoms with E-state index in [4.69, 9.17) is 14.3 Å². The molecule has 2 aromatic rings. The van der Waals surface area contributed by atoms with Crippen LogP contribution in [-0.2, 0) is 11.4 Å². The molecule has 0 aliphatic carbocycles. The summed E-state index contributed by atoms with van der Waals surface area (Å²) in [5.41, 5.74) is 0. The lowest BCUT2D eigenvalue weighted by Gasteiger charge is -2.18. The van der Waals surface area contributed by atoms with Crippen LogP contribution in [0.4, 0.5) is 0 Å². The number of hydrogen-bond acceptors (Lipinski definition) is 4. The van der Waals surface area contributed by atoms with Crippen LogP contribution < -0.4 is 4.74 Å². The van der Waals surface area contributed by atoms with E-state index in [9.17, 15) is 9.59 Å². The van der Waals surface area contributed by atoms with Crippen LogP contribution in [0.25, 0.3) is 0 Å². The Morgan fingerprint density at radius 1 is 1.17 bits per heavy atom. The number of furan rings is 1. The van der Waals surface area contributed by atoms with Crippen LogP contribution in [0.15, 0.2) is 46.9 Å². The third-order valence-corrected chi connectivity index (χ3v) is 3.26. The average molecular weight is 317 g/mol. The minimum atomic E-state index is -0.937. The molecule has 1 aromatic heterocycles. The highest BCUT2D eigenvalue weighted by Gasteiger charge is 2.18. The van der Waals surface area contributed by atoms with Gasteiger partial charge in [0.1, 0.15) is 18.1 Å². The number of rotatable bonds is 8. The Kier molecular flexibility index (Phi) is 5.80. The van der Waals surface area contributed by atoms with Crippen LogP contribution in [0.3, 0.4) is 0 Å². The predicted molar refractivity (Wildman–Crippen MR) is 83.3 cm³/mol. The van der Waals surface area contributed by atoms with Gasteiger partial charge in [-0.25, -0.2) is 0 Å². The zero-order chi connectivity index (χ0) is 16.7. The molecule has 0 atom stereocenters. The predicted octanol–water partition coefficient (Wildman–Crippen LogP) is 2.80. The summed E-state index contributed by atoms with van der Waals surface area (Å²) >= 11 is 0. The summed E-state index contributed by atoms with van der Waals surface area (Å²) < 4.78 is 11.0. The Labute approximate surface area is 134 Å². The quantitative estimate of drug-likeness (QED) is 0.810. The first-order valence-electron chi connectivity index (χ1n) is 7.37. The lowest BCUT2D eigenvalue weighted by molar-refractivity contribution is -0.137. The molecule has 6 heteroatoms. The molecule has 0 saturated carbocycles. The molecule has 122 valence electrons. The van der Waals surface area contributed by atoms with Crippen molar-refractivity contribution in [3.8, 4) is 5.75 Å². The average Bonchev–Trinajstić information content (AvgIpc) is 3.03. The molecule has 0 radical (unpaired) electrons. The van der Waals surface area contributed by atoms with Crippen molar-refractivity contribution in [2.45, 2.75) is 20.0 Å². The van der Waals surface area contributed by atoms with Crippen molar-refractivity contribution in [3.63, 3.8) is 0 Å². The van der Waals surface area contributed by atoms with Crippen molar-refractivity contribution in [1.29, 1.82) is 0 Å². The zero-order valence-corrected chi connectivity index (χ0v) is 12.9. The van der Waals surface area contributed by atoms with E-state index < -0.39 is 5.97 Å². The Bertz CT molecular complexity index is 650. The number of carbonyl (C=O) groups is 2. The minimum Gasteiger partial charge on any atom is -0.486 e. The summed E-state index contributed by atoms with van der Waals surface area (Å²) in [6, 6.07) is 12.6. The van der Waals surface area contributed by atoms with E-state index in [1.807, 2.05) is 30.3 Å². The highest BCUT2D eigenvalue weighted by molar-refractivity contribution is 5.91. The number of hydrogen-bond donors (Lipinski definition) is 1. The van der Waals surface area contributed by atoms with Crippen LogP contribution in [0.2, 0.25) is 0 Å². The maximum atomic E-state index is 12.3. The number of nitrogens with zero attached hydrogens (tertiary/aromatic N) is 1. The molecule has 1 N–H and O–H groups in total. The summed E-state index contributed by atoms with van der Waals surface area (Å²) in [5, 5.41) is 8.71. The first-order chi connectivity index (χ1) is 11.1. The molecular formula is C17H19NO5. The second-order valence-corrected chi connectivity index (χ2v) is 4.90. The van der Waals surface area contributed by atoms with E-state index in [0.29, 0.717) is 18.1 Å². The van der Waals surface area contributed by atoms with E-state index in [2.05, 4.69) is 0 Å². The number of amides is 1. The van der Waals surface area contributed by atoms with E-state index in [1.54, 1.807) is 19.1 Å². The van der Waals surface area contributed by atoms with E-state index in [1.165, 1.54) is 4.90 Å². The van der Waals surface area contributed by atoms with Gasteiger partial charge >= 0.3 is 5.97 Å². The first-order valence-corrected chi connectivity index (χ1v) is 7.37. The molecule has 23 heavy (non-hydrogen) atoms. The van der Waals surface area contributed by atoms with Crippen LogP contribution in [-0.4, -0.2) is 35.0 Å². The lowest BCUT2D eigenvalue weighted by Crippen LogP contribution is -2.32. The Morgan fingerprint density at radius 2 is 1.91 bits per heavy atom. The highest BCUT2D eigenvalue weighted by atomic mass is 16.5. The molecule has 0 saturated heterocycles. The van der Waals surface area contributed by atoms with Gasteiger partial charge < -0.3 is 19.2 Å². The molecule has 2 rings (SSSR count). The van der Waals surface area contributed by atoms with Gasteiger partial charge in [0.2, 0.25) is 0 Å². The van der Waals surface area contributed by atoms with Crippen molar-refractivity contribution < 1.29 is 23.8 Å².